The quantitative estimate of drug-likeness (QED) is 0.147. The second-order valence-electron chi connectivity index (χ2n) is 24.1. The maximum absolute atomic E-state index is 13.1. The summed E-state index contributed by atoms with van der Waals surface area (Å²) in [6.07, 6.45) is 6.97. The average Bonchev–Trinajstić information content (AvgIpc) is 4.07. The van der Waals surface area contributed by atoms with E-state index >= 15 is 0 Å². The Morgan fingerprint density at radius 1 is 0.413 bits per heavy atom. The van der Waals surface area contributed by atoms with Crippen molar-refractivity contribution in [3.8, 4) is 17.2 Å². The van der Waals surface area contributed by atoms with Crippen LogP contribution in [0.5, 0.6) is 17.2 Å². The van der Waals surface area contributed by atoms with Gasteiger partial charge >= 0.3 is 0 Å². The minimum absolute atomic E-state index is 0.0180. The SMILES string of the molecule is COc1ccccc1C1C2=C(Cc3n[nH]c(C)c31)CC(C)(C)CC2=O.COc1ccccc1[C@@H]1C2=C(Cc3n[nH]c(C)c31)CC(C)(C)CC2=O.COc1ccccc1[C@H]1C2=C(Cc3n[nH]c(C)c31)CC(C)(C)CC2=O. The Morgan fingerprint density at radius 3 is 0.920 bits per heavy atom. The van der Waals surface area contributed by atoms with E-state index in [4.69, 9.17) is 14.2 Å². The minimum atomic E-state index is -0.0859. The molecule has 3 aromatic carbocycles. The number of ketones is 3. The van der Waals surface area contributed by atoms with Crippen LogP contribution in [0.2, 0.25) is 0 Å². The number of rotatable bonds is 6. The highest BCUT2D eigenvalue weighted by Crippen LogP contribution is 2.54. The molecular weight excluding hydrogens is 937 g/mol. The number of aryl methyl sites for hydroxylation is 3. The highest BCUT2D eigenvalue weighted by molar-refractivity contribution is 6.02. The third-order valence-electron chi connectivity index (χ3n) is 16.5. The number of carbonyl (C=O) groups is 3. The van der Waals surface area contributed by atoms with Crippen LogP contribution < -0.4 is 14.2 Å². The van der Waals surface area contributed by atoms with Gasteiger partial charge in [-0.15, -0.1) is 0 Å². The Morgan fingerprint density at radius 2 is 0.667 bits per heavy atom. The number of Topliss-reactive ketones (excluding diaryl/α,β-unsaturated/α-hetero) is 3. The molecule has 12 heteroatoms. The summed E-state index contributed by atoms with van der Waals surface area (Å²) in [6, 6.07) is 24.1. The summed E-state index contributed by atoms with van der Waals surface area (Å²) in [6.45, 7) is 19.2. The van der Waals surface area contributed by atoms with Crippen molar-refractivity contribution in [3.05, 3.63) is 174 Å². The molecule has 12 rings (SSSR count). The van der Waals surface area contributed by atoms with Gasteiger partial charge in [-0.3, -0.25) is 29.7 Å². The zero-order valence-electron chi connectivity index (χ0n) is 45.8. The number of carbonyl (C=O) groups excluding carboxylic acids is 3. The van der Waals surface area contributed by atoms with E-state index in [-0.39, 0.29) is 51.3 Å². The third kappa shape index (κ3) is 9.43. The molecule has 0 spiro atoms. The lowest BCUT2D eigenvalue weighted by Gasteiger charge is -2.38. The summed E-state index contributed by atoms with van der Waals surface area (Å²) in [7, 11) is 5.06. The highest BCUT2D eigenvalue weighted by atomic mass is 16.5. The molecule has 1 unspecified atom stereocenters. The molecular formula is C63H72N6O6. The van der Waals surface area contributed by atoms with Gasteiger partial charge < -0.3 is 14.2 Å². The Bertz CT molecular complexity index is 3020. The molecule has 0 radical (unpaired) electrons. The van der Waals surface area contributed by atoms with Crippen molar-refractivity contribution in [1.29, 1.82) is 0 Å². The van der Waals surface area contributed by atoms with Crippen LogP contribution in [0.1, 0.15) is 165 Å². The predicted molar refractivity (Wildman–Crippen MR) is 291 cm³/mol. The van der Waals surface area contributed by atoms with Gasteiger partial charge in [0.2, 0.25) is 0 Å². The molecule has 3 heterocycles. The van der Waals surface area contributed by atoms with E-state index in [0.29, 0.717) is 19.3 Å². The van der Waals surface area contributed by atoms with Crippen LogP contribution in [-0.4, -0.2) is 69.3 Å². The van der Waals surface area contributed by atoms with Crippen LogP contribution in [0.25, 0.3) is 0 Å². The predicted octanol–water partition coefficient (Wildman–Crippen LogP) is 12.3. The largest absolute Gasteiger partial charge is 0.496 e. The summed E-state index contributed by atoms with van der Waals surface area (Å²) in [4.78, 5) is 39.4. The first-order valence-electron chi connectivity index (χ1n) is 26.5. The molecule has 3 atom stereocenters. The molecule has 12 nitrogen and oxygen atoms in total. The van der Waals surface area contributed by atoms with E-state index in [1.54, 1.807) is 21.3 Å². The van der Waals surface area contributed by atoms with Crippen LogP contribution in [0.15, 0.2) is 106 Å². The van der Waals surface area contributed by atoms with Gasteiger partial charge in [0.25, 0.3) is 0 Å². The summed E-state index contributed by atoms with van der Waals surface area (Å²) in [5, 5.41) is 23.0. The van der Waals surface area contributed by atoms with E-state index in [9.17, 15) is 14.4 Å². The van der Waals surface area contributed by atoms with Crippen molar-refractivity contribution in [2.75, 3.05) is 21.3 Å². The number of hydrogen-bond acceptors (Lipinski definition) is 9. The van der Waals surface area contributed by atoms with Crippen LogP contribution in [0.4, 0.5) is 0 Å². The maximum Gasteiger partial charge on any atom is 0.160 e. The Kier molecular flexibility index (Phi) is 13.4. The van der Waals surface area contributed by atoms with E-state index in [0.717, 1.165) is 140 Å². The van der Waals surface area contributed by atoms with E-state index in [1.807, 2.05) is 75.4 Å². The average molecular weight is 1010 g/mol. The molecule has 6 aliphatic rings. The van der Waals surface area contributed by atoms with Gasteiger partial charge in [0.05, 0.1) is 38.4 Å². The molecule has 6 aromatic rings. The van der Waals surface area contributed by atoms with Crippen LogP contribution >= 0.6 is 0 Å². The molecule has 0 bridgehead atoms. The van der Waals surface area contributed by atoms with Crippen LogP contribution in [0.3, 0.4) is 0 Å². The molecule has 0 amide bonds. The fourth-order valence-corrected chi connectivity index (χ4v) is 13.7. The van der Waals surface area contributed by atoms with E-state index in [2.05, 4.69) is 90.3 Å². The molecule has 0 aliphatic heterocycles. The number of aromatic amines is 3. The molecule has 75 heavy (non-hydrogen) atoms. The summed E-state index contributed by atoms with van der Waals surface area (Å²) in [5.41, 5.74) is 19.6. The fraction of sp³-hybridized carbons (Fsp3) is 0.429. The number of nitrogens with zero attached hydrogens (tertiary/aromatic N) is 3. The Labute approximate surface area is 441 Å². The van der Waals surface area contributed by atoms with Crippen molar-refractivity contribution >= 4 is 17.3 Å². The lowest BCUT2D eigenvalue weighted by molar-refractivity contribution is -0.119. The van der Waals surface area contributed by atoms with Crippen molar-refractivity contribution in [3.63, 3.8) is 0 Å². The molecule has 0 saturated heterocycles. The van der Waals surface area contributed by atoms with Crippen molar-refractivity contribution < 1.29 is 28.6 Å². The Hall–Kier alpha value is -7.08. The van der Waals surface area contributed by atoms with Crippen LogP contribution in [-0.2, 0) is 33.6 Å². The standard InChI is InChI=1S/3C21H24N2O2/c3*1-12-18-15(23-22-12)9-13-10-21(2,3)11-16(24)19(13)20(18)14-7-5-6-8-17(14)25-4/h3*5-8,20H,9-11H2,1-4H3,(H,22,23)/t2*20-;/m10./s1. The first kappa shape index (κ1) is 51.4. The summed E-state index contributed by atoms with van der Waals surface area (Å²) < 4.78 is 16.9. The van der Waals surface area contributed by atoms with Gasteiger partial charge in [-0.25, -0.2) is 0 Å². The van der Waals surface area contributed by atoms with Crippen molar-refractivity contribution in [2.24, 2.45) is 16.2 Å². The number of methoxy groups -OCH3 is 3. The second kappa shape index (κ2) is 19.6. The minimum Gasteiger partial charge on any atom is -0.496 e. The topological polar surface area (TPSA) is 165 Å². The smallest absolute Gasteiger partial charge is 0.160 e. The number of para-hydroxylation sites is 3. The van der Waals surface area contributed by atoms with Gasteiger partial charge in [-0.05, 0) is 74.5 Å². The third-order valence-corrected chi connectivity index (χ3v) is 16.5. The second-order valence-corrected chi connectivity index (χ2v) is 24.1. The van der Waals surface area contributed by atoms with Gasteiger partial charge in [0.15, 0.2) is 17.3 Å². The number of nitrogens with one attached hydrogen (secondary N) is 3. The monoisotopic (exact) mass is 1010 g/mol. The molecule has 3 N–H and O–H groups in total. The molecule has 390 valence electrons. The fourth-order valence-electron chi connectivity index (χ4n) is 13.7. The Balaban J connectivity index is 0.000000128. The van der Waals surface area contributed by atoms with Crippen molar-refractivity contribution in [1.82, 2.24) is 30.6 Å². The number of H-pyrrole nitrogens is 3. The number of allylic oxidation sites excluding steroid dienone is 6. The molecule has 3 aromatic heterocycles. The number of fused-ring (bicyclic) bond motifs is 3. The highest BCUT2D eigenvalue weighted by Gasteiger charge is 2.46. The zero-order valence-corrected chi connectivity index (χ0v) is 45.8. The maximum atomic E-state index is 13.1. The number of benzene rings is 3. The summed E-state index contributed by atoms with van der Waals surface area (Å²) >= 11 is 0. The first-order chi connectivity index (χ1) is 35.7. The number of ether oxygens (including phenoxy) is 3. The number of aromatic nitrogens is 6. The van der Waals surface area contributed by atoms with Gasteiger partial charge in [-0.2, -0.15) is 15.3 Å². The van der Waals surface area contributed by atoms with Gasteiger partial charge in [0, 0.05) is 123 Å². The van der Waals surface area contributed by atoms with Crippen molar-refractivity contribution in [2.45, 2.75) is 138 Å². The van der Waals surface area contributed by atoms with Gasteiger partial charge in [-0.1, -0.05) is 113 Å². The normalized spacial score (nSPS) is 21.8. The molecule has 0 saturated carbocycles. The summed E-state index contributed by atoms with van der Waals surface area (Å²) in [5.74, 6) is 3.03. The molecule has 6 aliphatic carbocycles. The zero-order chi connectivity index (χ0) is 53.3. The van der Waals surface area contributed by atoms with E-state index < -0.39 is 0 Å². The van der Waals surface area contributed by atoms with E-state index in [1.165, 1.54) is 16.7 Å². The van der Waals surface area contributed by atoms with Crippen LogP contribution in [0, 0.1) is 37.0 Å². The lowest BCUT2D eigenvalue weighted by atomic mass is 9.65. The van der Waals surface area contributed by atoms with Gasteiger partial charge in [0.1, 0.15) is 17.2 Å². The lowest BCUT2D eigenvalue weighted by Crippen LogP contribution is -2.32. The first-order valence-corrected chi connectivity index (χ1v) is 26.5. The number of hydrogen-bond donors (Lipinski definition) is 3. The molecule has 0 fully saturated rings.